The quantitative estimate of drug-likeness (QED) is 0.780. The van der Waals surface area contributed by atoms with Crippen LogP contribution in [0.2, 0.25) is 0 Å². The van der Waals surface area contributed by atoms with Crippen LogP contribution in [-0.4, -0.2) is 15.4 Å². The Morgan fingerprint density at radius 3 is 1.43 bits per heavy atom. The monoisotopic (exact) mass is 283 g/mol. The van der Waals surface area contributed by atoms with Crippen LogP contribution in [0.15, 0.2) is 0 Å². The summed E-state index contributed by atoms with van der Waals surface area (Å²) < 4.78 is 3.17. The molecule has 0 aliphatic rings. The first-order valence-corrected chi connectivity index (χ1v) is 8.20. The van der Waals surface area contributed by atoms with Crippen molar-refractivity contribution in [3.05, 3.63) is 0 Å². The van der Waals surface area contributed by atoms with Gasteiger partial charge in [0.05, 0.1) is 0 Å². The molecule has 0 atom stereocenters. The van der Waals surface area contributed by atoms with Gasteiger partial charge in [-0.15, -0.1) is 0 Å². The summed E-state index contributed by atoms with van der Waals surface area (Å²) in [6.45, 7) is 14.5. The highest BCUT2D eigenvalue weighted by atomic mass is 79.9. The highest BCUT2D eigenvalue weighted by Gasteiger charge is 2.44. The van der Waals surface area contributed by atoms with Crippen molar-refractivity contribution in [3.8, 4) is 0 Å². The molecule has 0 radical (unpaired) electrons. The van der Waals surface area contributed by atoms with E-state index in [1.54, 1.807) is 6.92 Å². The number of rotatable bonds is 1. The molecule has 0 fully saturated rings. The molecule has 0 heterocycles. The standard InChI is InChI=1S/C10H22BrNOS/c1-8(13)12-14(11,9(2,3)4)10(5,6)7/h1-7H3,(H,12,13). The minimum Gasteiger partial charge on any atom is -0.308 e. The molecule has 0 aliphatic heterocycles. The van der Waals surface area contributed by atoms with Gasteiger partial charge in [0, 0.05) is 16.4 Å². The Morgan fingerprint density at radius 1 is 1.07 bits per heavy atom. The fourth-order valence-electron chi connectivity index (χ4n) is 1.42. The van der Waals surface area contributed by atoms with Crippen molar-refractivity contribution in [1.29, 1.82) is 0 Å². The van der Waals surface area contributed by atoms with Crippen LogP contribution in [0.25, 0.3) is 0 Å². The lowest BCUT2D eigenvalue weighted by Crippen LogP contribution is -2.44. The van der Waals surface area contributed by atoms with E-state index < -0.39 is 8.65 Å². The molecule has 2 nitrogen and oxygen atoms in total. The van der Waals surface area contributed by atoms with Gasteiger partial charge in [0.1, 0.15) is 0 Å². The van der Waals surface area contributed by atoms with Crippen LogP contribution in [0.5, 0.6) is 0 Å². The van der Waals surface area contributed by atoms with Crippen LogP contribution < -0.4 is 4.72 Å². The van der Waals surface area contributed by atoms with Crippen LogP contribution >= 0.6 is 23.5 Å². The van der Waals surface area contributed by atoms with E-state index in [2.05, 4.69) is 61.1 Å². The molecule has 0 saturated heterocycles. The second-order valence-electron chi connectivity index (χ2n) is 5.42. The Labute approximate surface area is 96.9 Å². The van der Waals surface area contributed by atoms with Crippen molar-refractivity contribution in [3.63, 3.8) is 0 Å². The Bertz CT molecular complexity index is 213. The topological polar surface area (TPSA) is 29.1 Å². The van der Waals surface area contributed by atoms with E-state index in [0.29, 0.717) is 0 Å². The summed E-state index contributed by atoms with van der Waals surface area (Å²) >= 11 is 3.78. The molecule has 4 heteroatoms. The molecule has 0 aromatic heterocycles. The van der Waals surface area contributed by atoms with Crippen LogP contribution in [0.3, 0.4) is 0 Å². The number of hydrogen-bond donors (Lipinski definition) is 1. The molecule has 0 aliphatic carbocycles. The predicted octanol–water partition coefficient (Wildman–Crippen LogP) is 3.75. The van der Waals surface area contributed by atoms with Gasteiger partial charge in [0.25, 0.3) is 0 Å². The van der Waals surface area contributed by atoms with Crippen molar-refractivity contribution in [2.75, 3.05) is 0 Å². The van der Waals surface area contributed by atoms with Crippen molar-refractivity contribution < 1.29 is 4.79 Å². The largest absolute Gasteiger partial charge is 0.308 e. The summed E-state index contributed by atoms with van der Waals surface area (Å²) in [5.41, 5.74) is 0. The lowest BCUT2D eigenvalue weighted by Gasteiger charge is -2.54. The third kappa shape index (κ3) is 2.89. The molecular weight excluding hydrogens is 262 g/mol. The second kappa shape index (κ2) is 4.05. The third-order valence-electron chi connectivity index (χ3n) is 1.97. The highest BCUT2D eigenvalue weighted by Crippen LogP contribution is 2.70. The van der Waals surface area contributed by atoms with Gasteiger partial charge in [0.15, 0.2) is 0 Å². The molecule has 0 aromatic carbocycles. The van der Waals surface area contributed by atoms with Gasteiger partial charge >= 0.3 is 0 Å². The minimum absolute atomic E-state index is 0.0294. The SMILES string of the molecule is CC(=O)NS(Br)(C(C)(C)C)C(C)(C)C. The molecule has 1 N–H and O–H groups in total. The van der Waals surface area contributed by atoms with E-state index in [4.69, 9.17) is 0 Å². The maximum absolute atomic E-state index is 11.2. The van der Waals surface area contributed by atoms with Crippen LogP contribution in [0, 0.1) is 0 Å². The van der Waals surface area contributed by atoms with Crippen molar-refractivity contribution >= 4 is 29.4 Å². The number of amides is 1. The Kier molecular flexibility index (Phi) is 4.13. The maximum Gasteiger partial charge on any atom is 0.226 e. The third-order valence-corrected chi connectivity index (χ3v) is 12.2. The summed E-state index contributed by atoms with van der Waals surface area (Å²) in [7, 11) is -1.36. The van der Waals surface area contributed by atoms with Crippen LogP contribution in [-0.2, 0) is 4.79 Å². The van der Waals surface area contributed by atoms with Crippen molar-refractivity contribution in [1.82, 2.24) is 4.72 Å². The molecule has 86 valence electrons. The zero-order valence-corrected chi connectivity index (χ0v) is 12.6. The van der Waals surface area contributed by atoms with E-state index in [-0.39, 0.29) is 15.4 Å². The molecule has 0 unspecified atom stereocenters. The van der Waals surface area contributed by atoms with Gasteiger partial charge < -0.3 is 4.72 Å². The smallest absolute Gasteiger partial charge is 0.226 e. The van der Waals surface area contributed by atoms with Gasteiger partial charge in [-0.25, -0.2) is 0 Å². The summed E-state index contributed by atoms with van der Waals surface area (Å²) in [6.07, 6.45) is 0. The lowest BCUT2D eigenvalue weighted by atomic mass is 10.2. The molecule has 0 bridgehead atoms. The lowest BCUT2D eigenvalue weighted by molar-refractivity contribution is -0.117. The minimum atomic E-state index is -1.36. The normalized spacial score (nSPS) is 15.1. The molecule has 14 heavy (non-hydrogen) atoms. The average Bonchev–Trinajstić information content (AvgIpc) is 1.79. The first-order valence-electron chi connectivity index (χ1n) is 4.72. The fourth-order valence-corrected chi connectivity index (χ4v) is 4.95. The van der Waals surface area contributed by atoms with Crippen molar-refractivity contribution in [2.24, 2.45) is 0 Å². The van der Waals surface area contributed by atoms with E-state index in [1.165, 1.54) is 0 Å². The Balaban J connectivity index is 5.18. The van der Waals surface area contributed by atoms with E-state index >= 15 is 0 Å². The van der Waals surface area contributed by atoms with Crippen LogP contribution in [0.4, 0.5) is 0 Å². The first-order chi connectivity index (χ1) is 5.92. The van der Waals surface area contributed by atoms with Gasteiger partial charge in [-0.3, -0.25) is 4.79 Å². The maximum atomic E-state index is 11.2. The molecule has 0 rings (SSSR count). The van der Waals surface area contributed by atoms with Crippen molar-refractivity contribution in [2.45, 2.75) is 58.0 Å². The van der Waals surface area contributed by atoms with Crippen LogP contribution in [0.1, 0.15) is 48.5 Å². The number of halogens is 1. The van der Waals surface area contributed by atoms with E-state index in [0.717, 1.165) is 0 Å². The molecule has 0 aromatic rings. The van der Waals surface area contributed by atoms with Gasteiger partial charge in [-0.1, -0.05) is 50.2 Å². The highest BCUT2D eigenvalue weighted by molar-refractivity contribution is 9.58. The Morgan fingerprint density at radius 2 is 1.36 bits per heavy atom. The van der Waals surface area contributed by atoms with E-state index in [9.17, 15) is 4.79 Å². The summed E-state index contributed by atoms with van der Waals surface area (Å²) in [5, 5.41) is 0. The second-order valence-corrected chi connectivity index (χ2v) is 12.1. The van der Waals surface area contributed by atoms with Gasteiger partial charge in [-0.2, -0.15) is 0 Å². The molecular formula is C10H22BrNOS. The average molecular weight is 284 g/mol. The number of carbonyl (C=O) groups is 1. The first kappa shape index (κ1) is 14.3. The zero-order valence-electron chi connectivity index (χ0n) is 10.2. The van der Waals surface area contributed by atoms with Gasteiger partial charge in [-0.05, 0) is 14.8 Å². The fraction of sp³-hybridized carbons (Fsp3) is 0.900. The predicted molar refractivity (Wildman–Crippen MR) is 69.8 cm³/mol. The summed E-state index contributed by atoms with van der Waals surface area (Å²) in [4.78, 5) is 11.2. The Hall–Kier alpha value is 0.300. The number of carbonyl (C=O) groups excluding carboxylic acids is 1. The molecule has 0 spiro atoms. The summed E-state index contributed by atoms with van der Waals surface area (Å²) in [5.74, 6) is 0.0294. The summed E-state index contributed by atoms with van der Waals surface area (Å²) in [6, 6.07) is 0. The zero-order chi connectivity index (χ0) is 11.8. The van der Waals surface area contributed by atoms with E-state index in [1.807, 2.05) is 0 Å². The molecule has 0 saturated carbocycles. The number of nitrogens with one attached hydrogen (secondary N) is 1. The van der Waals surface area contributed by atoms with Gasteiger partial charge in [0.2, 0.25) is 5.91 Å². The molecule has 1 amide bonds. The number of hydrogen-bond acceptors (Lipinski definition) is 1.